The van der Waals surface area contributed by atoms with E-state index in [-0.39, 0.29) is 0 Å². The van der Waals surface area contributed by atoms with Crippen LogP contribution in [0.1, 0.15) is 122 Å². The highest BCUT2D eigenvalue weighted by Gasteiger charge is 2.28. The molecular weight excluding hydrogens is 364 g/mol. The third kappa shape index (κ3) is 9.14. The highest BCUT2D eigenvalue weighted by Crippen LogP contribution is 2.32. The summed E-state index contributed by atoms with van der Waals surface area (Å²) in [6.45, 7) is 8.04. The number of hydrogen-bond acceptors (Lipinski definition) is 2. The molecule has 1 aromatic rings. The topological polar surface area (TPSA) is 6.48 Å². The Morgan fingerprint density at radius 2 is 1.17 bits per heavy atom. The molecular formula is C28H48N2. The van der Waals surface area contributed by atoms with Crippen LogP contribution >= 0.6 is 0 Å². The molecule has 2 nitrogen and oxygen atoms in total. The number of unbranched alkanes of at least 4 members (excludes halogenated alkanes) is 13. The van der Waals surface area contributed by atoms with Crippen molar-refractivity contribution in [3.63, 3.8) is 0 Å². The van der Waals surface area contributed by atoms with E-state index < -0.39 is 0 Å². The fourth-order valence-corrected chi connectivity index (χ4v) is 4.63. The van der Waals surface area contributed by atoms with Gasteiger partial charge in [0, 0.05) is 25.0 Å². The lowest BCUT2D eigenvalue weighted by Gasteiger charge is -2.35. The van der Waals surface area contributed by atoms with Crippen LogP contribution in [0.15, 0.2) is 42.7 Å². The Bertz CT molecular complexity index is 551. The van der Waals surface area contributed by atoms with Crippen LogP contribution in [0.2, 0.25) is 0 Å². The molecule has 0 saturated heterocycles. The summed E-state index contributed by atoms with van der Waals surface area (Å²) >= 11 is 0. The molecule has 1 heterocycles. The van der Waals surface area contributed by atoms with Gasteiger partial charge in [0.2, 0.25) is 0 Å². The fraction of sp³-hybridized carbons (Fsp3) is 0.714. The Kier molecular flexibility index (Phi) is 12.7. The molecule has 1 aliphatic heterocycles. The summed E-state index contributed by atoms with van der Waals surface area (Å²) in [5.74, 6) is 0. The van der Waals surface area contributed by atoms with Crippen LogP contribution in [0.25, 0.3) is 0 Å². The van der Waals surface area contributed by atoms with Gasteiger partial charge in [0.1, 0.15) is 6.17 Å². The van der Waals surface area contributed by atoms with E-state index in [0.29, 0.717) is 12.2 Å². The second kappa shape index (κ2) is 15.4. The van der Waals surface area contributed by atoms with Crippen LogP contribution < -0.4 is 0 Å². The summed E-state index contributed by atoms with van der Waals surface area (Å²) in [6.07, 6.45) is 24.9. The Balaban J connectivity index is 1.52. The minimum atomic E-state index is 0.369. The van der Waals surface area contributed by atoms with E-state index in [4.69, 9.17) is 0 Å². The summed E-state index contributed by atoms with van der Waals surface area (Å²) < 4.78 is 0. The zero-order valence-electron chi connectivity index (χ0n) is 20.2. The maximum Gasteiger partial charge on any atom is 0.127 e. The van der Waals surface area contributed by atoms with Gasteiger partial charge in [-0.1, -0.05) is 121 Å². The predicted molar refractivity (Wildman–Crippen MR) is 132 cm³/mol. The lowest BCUT2D eigenvalue weighted by molar-refractivity contribution is 0.126. The van der Waals surface area contributed by atoms with Gasteiger partial charge in [0.05, 0.1) is 0 Å². The summed E-state index contributed by atoms with van der Waals surface area (Å²) in [6, 6.07) is 11.5. The van der Waals surface area contributed by atoms with E-state index in [1.165, 1.54) is 95.5 Å². The summed E-state index contributed by atoms with van der Waals surface area (Å²) in [7, 11) is 0. The number of nitrogens with zero attached hydrogens (tertiary/aromatic N) is 2. The van der Waals surface area contributed by atoms with Gasteiger partial charge in [-0.25, -0.2) is 0 Å². The van der Waals surface area contributed by atoms with Crippen LogP contribution in [-0.2, 0) is 0 Å². The van der Waals surface area contributed by atoms with Gasteiger partial charge < -0.3 is 9.80 Å². The van der Waals surface area contributed by atoms with Crippen molar-refractivity contribution in [2.24, 2.45) is 0 Å². The average molecular weight is 413 g/mol. The van der Waals surface area contributed by atoms with Crippen molar-refractivity contribution in [1.29, 1.82) is 0 Å². The van der Waals surface area contributed by atoms with Crippen molar-refractivity contribution >= 4 is 0 Å². The summed E-state index contributed by atoms with van der Waals surface area (Å²) in [5, 5.41) is 0. The Morgan fingerprint density at radius 1 is 0.667 bits per heavy atom. The minimum absolute atomic E-state index is 0.369. The molecule has 0 radical (unpaired) electrons. The molecule has 0 saturated carbocycles. The van der Waals surface area contributed by atoms with Crippen molar-refractivity contribution in [2.75, 3.05) is 6.54 Å². The number of benzene rings is 1. The molecule has 1 aliphatic rings. The van der Waals surface area contributed by atoms with Gasteiger partial charge in [0.15, 0.2) is 0 Å². The molecule has 1 unspecified atom stereocenters. The largest absolute Gasteiger partial charge is 0.352 e. The lowest BCUT2D eigenvalue weighted by atomic mass is 10.0. The van der Waals surface area contributed by atoms with Crippen molar-refractivity contribution in [3.8, 4) is 0 Å². The van der Waals surface area contributed by atoms with Crippen molar-refractivity contribution in [3.05, 3.63) is 48.3 Å². The van der Waals surface area contributed by atoms with Crippen molar-refractivity contribution < 1.29 is 0 Å². The molecule has 0 fully saturated rings. The van der Waals surface area contributed by atoms with Crippen LogP contribution in [0, 0.1) is 0 Å². The molecule has 1 aromatic carbocycles. The van der Waals surface area contributed by atoms with Crippen LogP contribution in [-0.4, -0.2) is 22.4 Å². The first kappa shape index (κ1) is 24.8. The van der Waals surface area contributed by atoms with E-state index in [0.717, 1.165) is 6.54 Å². The van der Waals surface area contributed by atoms with Crippen LogP contribution in [0.5, 0.6) is 0 Å². The molecule has 0 aliphatic carbocycles. The minimum Gasteiger partial charge on any atom is -0.352 e. The van der Waals surface area contributed by atoms with Crippen molar-refractivity contribution in [2.45, 2.75) is 123 Å². The van der Waals surface area contributed by atoms with Crippen LogP contribution in [0.4, 0.5) is 0 Å². The highest BCUT2D eigenvalue weighted by molar-refractivity contribution is 5.22. The molecule has 1 atom stereocenters. The number of rotatable bonds is 17. The molecule has 0 amide bonds. The second-order valence-electron chi connectivity index (χ2n) is 9.46. The summed E-state index contributed by atoms with van der Waals surface area (Å²) in [5.41, 5.74) is 1.40. The lowest BCUT2D eigenvalue weighted by Crippen LogP contribution is -2.35. The first-order chi connectivity index (χ1) is 14.7. The SMILES string of the molecule is CCCCCCCCCCCCCCCCN1C=CN(C(C)C)C1c1ccccc1. The van der Waals surface area contributed by atoms with Gasteiger partial charge in [-0.05, 0) is 25.8 Å². The highest BCUT2D eigenvalue weighted by atomic mass is 15.4. The quantitative estimate of drug-likeness (QED) is 0.236. The van der Waals surface area contributed by atoms with Gasteiger partial charge >= 0.3 is 0 Å². The van der Waals surface area contributed by atoms with Gasteiger partial charge in [-0.15, -0.1) is 0 Å². The molecule has 170 valence electrons. The smallest absolute Gasteiger partial charge is 0.127 e. The van der Waals surface area contributed by atoms with E-state index in [2.05, 4.69) is 73.3 Å². The van der Waals surface area contributed by atoms with E-state index in [1.54, 1.807) is 0 Å². The molecule has 0 spiro atoms. The third-order valence-corrected chi connectivity index (χ3v) is 6.49. The molecule has 0 aromatic heterocycles. The fourth-order valence-electron chi connectivity index (χ4n) is 4.63. The van der Waals surface area contributed by atoms with Gasteiger partial charge in [-0.3, -0.25) is 0 Å². The Morgan fingerprint density at radius 3 is 1.67 bits per heavy atom. The first-order valence-corrected chi connectivity index (χ1v) is 13.0. The molecule has 2 rings (SSSR count). The zero-order valence-corrected chi connectivity index (χ0v) is 20.2. The van der Waals surface area contributed by atoms with E-state index >= 15 is 0 Å². The monoisotopic (exact) mass is 412 g/mol. The molecule has 2 heteroatoms. The van der Waals surface area contributed by atoms with E-state index in [1.807, 2.05) is 0 Å². The maximum atomic E-state index is 2.54. The Labute approximate surface area is 187 Å². The average Bonchev–Trinajstić information content (AvgIpc) is 3.19. The Hall–Kier alpha value is -1.44. The van der Waals surface area contributed by atoms with Gasteiger partial charge in [-0.2, -0.15) is 0 Å². The van der Waals surface area contributed by atoms with E-state index in [9.17, 15) is 0 Å². The second-order valence-corrected chi connectivity index (χ2v) is 9.46. The van der Waals surface area contributed by atoms with Gasteiger partial charge in [0.25, 0.3) is 0 Å². The molecule has 0 bridgehead atoms. The zero-order chi connectivity index (χ0) is 21.4. The normalized spacial score (nSPS) is 16.2. The van der Waals surface area contributed by atoms with Crippen LogP contribution in [0.3, 0.4) is 0 Å². The predicted octanol–water partition coefficient (Wildman–Crippen LogP) is 8.66. The third-order valence-electron chi connectivity index (χ3n) is 6.49. The first-order valence-electron chi connectivity index (χ1n) is 13.0. The molecule has 30 heavy (non-hydrogen) atoms. The number of hydrogen-bond donors (Lipinski definition) is 0. The van der Waals surface area contributed by atoms with Crippen molar-refractivity contribution in [1.82, 2.24) is 9.80 Å². The summed E-state index contributed by atoms with van der Waals surface area (Å²) in [4.78, 5) is 5.02. The standard InChI is InChI=1S/C28H48N2/c1-4-5-6-7-8-9-10-11-12-13-14-15-16-20-23-29-24-25-30(26(2)3)28(29)27-21-18-17-19-22-27/h17-19,21-22,24-26,28H,4-16,20,23H2,1-3H3. The maximum absolute atomic E-state index is 2.54. The molecule has 0 N–H and O–H groups in total.